The van der Waals surface area contributed by atoms with Crippen LogP contribution in [0.2, 0.25) is 0 Å². The lowest BCUT2D eigenvalue weighted by Gasteiger charge is -2.12. The molecule has 0 spiro atoms. The van der Waals surface area contributed by atoms with E-state index in [1.165, 1.54) is 6.20 Å². The zero-order chi connectivity index (χ0) is 15.5. The molecule has 108 valence electrons. The van der Waals surface area contributed by atoms with Crippen LogP contribution in [0.25, 0.3) is 0 Å². The van der Waals surface area contributed by atoms with Gasteiger partial charge in [0.1, 0.15) is 17.6 Å². The number of alkyl halides is 3. The summed E-state index contributed by atoms with van der Waals surface area (Å²) >= 11 is 0. The lowest BCUT2D eigenvalue weighted by atomic mass is 10.1. The molecule has 0 radical (unpaired) electrons. The molecular weight excluding hydrogens is 286 g/mol. The van der Waals surface area contributed by atoms with Gasteiger partial charge in [0, 0.05) is 18.3 Å². The van der Waals surface area contributed by atoms with Crippen LogP contribution in [-0.4, -0.2) is 4.98 Å². The first-order valence-electron chi connectivity index (χ1n) is 5.86. The second kappa shape index (κ2) is 5.79. The Morgan fingerprint density at radius 2 is 2.00 bits per heavy atom. The summed E-state index contributed by atoms with van der Waals surface area (Å²) in [4.78, 5) is 3.81. The molecule has 0 amide bonds. The Morgan fingerprint density at radius 3 is 2.67 bits per heavy atom. The van der Waals surface area contributed by atoms with E-state index in [0.29, 0.717) is 17.7 Å². The Morgan fingerprint density at radius 1 is 1.24 bits per heavy atom. The molecule has 1 heterocycles. The minimum atomic E-state index is -4.55. The average molecular weight is 295 g/mol. The minimum Gasteiger partial charge on any atom is -0.378 e. The monoisotopic (exact) mass is 295 g/mol. The van der Waals surface area contributed by atoms with Gasteiger partial charge in [-0.25, -0.2) is 9.37 Å². The first-order chi connectivity index (χ1) is 9.91. The van der Waals surface area contributed by atoms with Crippen molar-refractivity contribution >= 4 is 5.69 Å². The van der Waals surface area contributed by atoms with E-state index in [2.05, 4.69) is 10.3 Å². The number of rotatable bonds is 3. The van der Waals surface area contributed by atoms with E-state index in [4.69, 9.17) is 5.26 Å². The molecular formula is C14H9F4N3. The maximum atomic E-state index is 13.5. The predicted molar refractivity (Wildman–Crippen MR) is 67.7 cm³/mol. The van der Waals surface area contributed by atoms with E-state index in [0.717, 1.165) is 6.07 Å². The first-order valence-corrected chi connectivity index (χ1v) is 5.86. The van der Waals surface area contributed by atoms with Crippen molar-refractivity contribution in [2.75, 3.05) is 5.32 Å². The van der Waals surface area contributed by atoms with Gasteiger partial charge in [-0.2, -0.15) is 18.4 Å². The largest absolute Gasteiger partial charge is 0.416 e. The molecule has 3 nitrogen and oxygen atoms in total. The summed E-state index contributed by atoms with van der Waals surface area (Å²) in [5.74, 6) is -0.801. The van der Waals surface area contributed by atoms with Gasteiger partial charge >= 0.3 is 6.18 Å². The van der Waals surface area contributed by atoms with E-state index >= 15 is 0 Å². The van der Waals surface area contributed by atoms with Crippen LogP contribution < -0.4 is 5.32 Å². The summed E-state index contributed by atoms with van der Waals surface area (Å²) < 4.78 is 51.3. The summed E-state index contributed by atoms with van der Waals surface area (Å²) in [6.07, 6.45) is -3.12. The van der Waals surface area contributed by atoms with Crippen LogP contribution in [0.5, 0.6) is 0 Å². The van der Waals surface area contributed by atoms with E-state index in [1.807, 2.05) is 6.07 Å². The maximum absolute atomic E-state index is 13.5. The number of anilines is 1. The molecule has 21 heavy (non-hydrogen) atoms. The average Bonchev–Trinajstić information content (AvgIpc) is 2.45. The van der Waals surface area contributed by atoms with Crippen LogP contribution in [0.4, 0.5) is 23.2 Å². The van der Waals surface area contributed by atoms with Gasteiger partial charge in [0.05, 0.1) is 11.3 Å². The minimum absolute atomic E-state index is 0.00500. The van der Waals surface area contributed by atoms with Gasteiger partial charge in [0.25, 0.3) is 0 Å². The lowest BCUT2D eigenvalue weighted by molar-refractivity contribution is -0.137. The van der Waals surface area contributed by atoms with Crippen molar-refractivity contribution in [2.24, 2.45) is 0 Å². The van der Waals surface area contributed by atoms with E-state index in [1.54, 1.807) is 12.1 Å². The molecule has 0 bridgehead atoms. The zero-order valence-electron chi connectivity index (χ0n) is 10.6. The third-order valence-corrected chi connectivity index (χ3v) is 2.76. The van der Waals surface area contributed by atoms with Gasteiger partial charge < -0.3 is 5.32 Å². The normalized spacial score (nSPS) is 11.0. The number of nitrogens with one attached hydrogen (secondary N) is 1. The van der Waals surface area contributed by atoms with Crippen molar-refractivity contribution in [1.82, 2.24) is 4.98 Å². The van der Waals surface area contributed by atoms with Gasteiger partial charge in [0.2, 0.25) is 0 Å². The van der Waals surface area contributed by atoms with Gasteiger partial charge in [-0.1, -0.05) is 6.07 Å². The molecule has 0 aliphatic heterocycles. The molecule has 1 aromatic carbocycles. The highest BCUT2D eigenvalue weighted by Gasteiger charge is 2.31. The molecule has 1 aromatic heterocycles. The molecule has 2 rings (SSSR count). The Balaban J connectivity index is 2.22. The van der Waals surface area contributed by atoms with E-state index < -0.39 is 17.6 Å². The molecule has 7 heteroatoms. The quantitative estimate of drug-likeness (QED) is 0.878. The number of hydrogen-bond donors (Lipinski definition) is 1. The molecule has 0 atom stereocenters. The second-order valence-corrected chi connectivity index (χ2v) is 4.17. The molecule has 0 saturated carbocycles. The smallest absolute Gasteiger partial charge is 0.378 e. The van der Waals surface area contributed by atoms with Gasteiger partial charge in [-0.05, 0) is 24.3 Å². The van der Waals surface area contributed by atoms with Crippen LogP contribution in [-0.2, 0) is 12.7 Å². The fraction of sp³-hybridized carbons (Fsp3) is 0.143. The third kappa shape index (κ3) is 3.48. The summed E-state index contributed by atoms with van der Waals surface area (Å²) in [5, 5.41) is 11.4. The van der Waals surface area contributed by atoms with Gasteiger partial charge in [0.15, 0.2) is 0 Å². The fourth-order valence-electron chi connectivity index (χ4n) is 1.71. The Bertz CT molecular complexity index is 689. The highest BCUT2D eigenvalue weighted by molar-refractivity contribution is 5.49. The van der Waals surface area contributed by atoms with Crippen molar-refractivity contribution < 1.29 is 17.6 Å². The van der Waals surface area contributed by atoms with Crippen molar-refractivity contribution in [3.63, 3.8) is 0 Å². The fourth-order valence-corrected chi connectivity index (χ4v) is 1.71. The van der Waals surface area contributed by atoms with Crippen molar-refractivity contribution in [1.29, 1.82) is 5.26 Å². The van der Waals surface area contributed by atoms with Crippen molar-refractivity contribution in [3.8, 4) is 6.07 Å². The standard InChI is InChI=1S/C14H9F4N3/c15-11-4-3-10(14(16,17)18)6-12(11)21-8-9-2-1-5-20-13(9)7-19/h1-6,21H,8H2. The van der Waals surface area contributed by atoms with Crippen LogP contribution in [0.15, 0.2) is 36.5 Å². The number of aromatic nitrogens is 1. The van der Waals surface area contributed by atoms with Crippen LogP contribution in [0.1, 0.15) is 16.8 Å². The SMILES string of the molecule is N#Cc1ncccc1CNc1cc(C(F)(F)F)ccc1F. The van der Waals surface area contributed by atoms with E-state index in [9.17, 15) is 17.6 Å². The third-order valence-electron chi connectivity index (χ3n) is 2.76. The number of pyridine rings is 1. The lowest BCUT2D eigenvalue weighted by Crippen LogP contribution is -2.08. The number of nitrogens with zero attached hydrogens (tertiary/aromatic N) is 2. The topological polar surface area (TPSA) is 48.7 Å². The Kier molecular flexibility index (Phi) is 4.08. The second-order valence-electron chi connectivity index (χ2n) is 4.17. The molecule has 0 aliphatic rings. The molecule has 0 saturated heterocycles. The highest BCUT2D eigenvalue weighted by Crippen LogP contribution is 2.31. The highest BCUT2D eigenvalue weighted by atomic mass is 19.4. The Labute approximate surface area is 117 Å². The van der Waals surface area contributed by atoms with Crippen molar-refractivity contribution in [2.45, 2.75) is 12.7 Å². The number of hydrogen-bond acceptors (Lipinski definition) is 3. The van der Waals surface area contributed by atoms with Crippen LogP contribution in [0.3, 0.4) is 0 Å². The predicted octanol–water partition coefficient (Wildman–Crippen LogP) is 3.72. The van der Waals surface area contributed by atoms with E-state index in [-0.39, 0.29) is 17.9 Å². The molecule has 0 aliphatic carbocycles. The molecule has 1 N–H and O–H groups in total. The first kappa shape index (κ1) is 14.8. The van der Waals surface area contributed by atoms with Gasteiger partial charge in [-0.15, -0.1) is 0 Å². The summed E-state index contributed by atoms with van der Waals surface area (Å²) in [7, 11) is 0. The summed E-state index contributed by atoms with van der Waals surface area (Å²) in [6.45, 7) is -0.00500. The summed E-state index contributed by atoms with van der Waals surface area (Å²) in [6, 6.07) is 7.14. The van der Waals surface area contributed by atoms with Crippen molar-refractivity contribution in [3.05, 3.63) is 59.2 Å². The molecule has 0 unspecified atom stereocenters. The van der Waals surface area contributed by atoms with Gasteiger partial charge in [-0.3, -0.25) is 0 Å². The molecule has 0 fully saturated rings. The number of halogens is 4. The maximum Gasteiger partial charge on any atom is 0.416 e. The van der Waals surface area contributed by atoms with Crippen LogP contribution in [0, 0.1) is 17.1 Å². The Hall–Kier alpha value is -2.62. The van der Waals surface area contributed by atoms with Crippen LogP contribution >= 0.6 is 0 Å². The number of benzene rings is 1. The summed E-state index contributed by atoms with van der Waals surface area (Å²) in [5.41, 5.74) is -0.621. The number of nitriles is 1. The molecule has 2 aromatic rings. The zero-order valence-corrected chi connectivity index (χ0v) is 10.6.